The Hall–Kier alpha value is -8.07. The number of halogens is 9. The molecular formula is C52H29F9N4O2. The van der Waals surface area contributed by atoms with Gasteiger partial charge in [-0.1, -0.05) is 91.0 Å². The fraction of sp³-hybridized carbons (Fsp3) is 0.0769. The molecule has 67 heavy (non-hydrogen) atoms. The average Bonchev–Trinajstić information content (AvgIpc) is 3.97. The number of aromatic nitrogens is 4. The first-order chi connectivity index (χ1) is 32.0. The SMILES string of the molecule is Cc1c(C(F)(F)F)c(C(F)(F)F)c(C(F)(F)F)c2nc(-c3ccc(-c4ccc(-c5nc(-c6ccccn6)ccc5-c5ccc(-c6ccc(-c7nc8ccccc8o7)cc6)cc5)cc4)cc3)oc12. The zero-order chi connectivity index (χ0) is 46.8. The second-order valence-corrected chi connectivity index (χ2v) is 15.5. The van der Waals surface area contributed by atoms with Crippen molar-refractivity contribution in [1.29, 1.82) is 0 Å². The first kappa shape index (κ1) is 42.9. The maximum atomic E-state index is 14.2. The molecule has 0 radical (unpaired) electrons. The number of oxazole rings is 2. The van der Waals surface area contributed by atoms with Crippen LogP contribution in [0.2, 0.25) is 0 Å². The van der Waals surface area contributed by atoms with E-state index in [9.17, 15) is 39.5 Å². The Morgan fingerprint density at radius 1 is 0.403 bits per heavy atom. The summed E-state index contributed by atoms with van der Waals surface area (Å²) < 4.78 is 138. The van der Waals surface area contributed by atoms with Crippen molar-refractivity contribution in [2.75, 3.05) is 0 Å². The summed E-state index contributed by atoms with van der Waals surface area (Å²) in [5.74, 6) is -0.0536. The fourth-order valence-electron chi connectivity index (χ4n) is 8.16. The van der Waals surface area contributed by atoms with E-state index in [2.05, 4.69) is 15.0 Å². The summed E-state index contributed by atoms with van der Waals surface area (Å²) in [5, 5.41) is 0. The molecule has 0 aliphatic carbocycles. The minimum atomic E-state index is -6.01. The lowest BCUT2D eigenvalue weighted by Crippen LogP contribution is -2.24. The predicted molar refractivity (Wildman–Crippen MR) is 235 cm³/mol. The van der Waals surface area contributed by atoms with Crippen molar-refractivity contribution in [2.45, 2.75) is 25.5 Å². The van der Waals surface area contributed by atoms with Crippen LogP contribution in [0, 0.1) is 6.92 Å². The summed E-state index contributed by atoms with van der Waals surface area (Å²) in [6.45, 7) is 0.620. The molecule has 6 aromatic carbocycles. The van der Waals surface area contributed by atoms with Crippen LogP contribution in [0.4, 0.5) is 39.5 Å². The van der Waals surface area contributed by atoms with Crippen molar-refractivity contribution in [2.24, 2.45) is 0 Å². The summed E-state index contributed by atoms with van der Waals surface area (Å²) >= 11 is 0. The van der Waals surface area contributed by atoms with Gasteiger partial charge in [0, 0.05) is 34.0 Å². The topological polar surface area (TPSA) is 77.8 Å². The van der Waals surface area contributed by atoms with Crippen molar-refractivity contribution < 1.29 is 48.3 Å². The van der Waals surface area contributed by atoms with Gasteiger partial charge >= 0.3 is 18.5 Å². The zero-order valence-electron chi connectivity index (χ0n) is 34.5. The molecule has 0 unspecified atom stereocenters. The predicted octanol–water partition coefficient (Wildman–Crippen LogP) is 15.8. The van der Waals surface area contributed by atoms with Gasteiger partial charge in [0.25, 0.3) is 0 Å². The molecule has 0 saturated heterocycles. The number of hydrogen-bond acceptors (Lipinski definition) is 6. The van der Waals surface area contributed by atoms with E-state index in [-0.39, 0.29) is 5.56 Å². The molecule has 15 heteroatoms. The molecule has 4 heterocycles. The Labute approximate surface area is 374 Å². The third-order valence-electron chi connectivity index (χ3n) is 11.3. The zero-order valence-corrected chi connectivity index (χ0v) is 34.5. The Morgan fingerprint density at radius 3 is 1.42 bits per heavy atom. The van der Waals surface area contributed by atoms with Crippen LogP contribution >= 0.6 is 0 Å². The van der Waals surface area contributed by atoms with Gasteiger partial charge in [-0.25, -0.2) is 15.0 Å². The lowest BCUT2D eigenvalue weighted by atomic mass is 9.93. The first-order valence-corrected chi connectivity index (χ1v) is 20.4. The highest BCUT2D eigenvalue weighted by Crippen LogP contribution is 2.52. The number of aryl methyl sites for hydroxylation is 1. The molecule has 10 aromatic rings. The van der Waals surface area contributed by atoms with E-state index in [1.807, 2.05) is 127 Å². The summed E-state index contributed by atoms with van der Waals surface area (Å²) in [6.07, 6.45) is -16.0. The molecule has 0 atom stereocenters. The molecule has 0 N–H and O–H groups in total. The molecular weight excluding hydrogens is 884 g/mol. The minimum Gasteiger partial charge on any atom is -0.436 e. The number of benzene rings is 6. The Bertz CT molecular complexity index is 3420. The van der Waals surface area contributed by atoms with E-state index in [0.29, 0.717) is 46.6 Å². The summed E-state index contributed by atoms with van der Waals surface area (Å²) in [4.78, 5) is 17.8. The van der Waals surface area contributed by atoms with E-state index in [4.69, 9.17) is 13.8 Å². The quantitative estimate of drug-likeness (QED) is 0.148. The molecule has 0 saturated carbocycles. The molecule has 0 amide bonds. The summed E-state index contributed by atoms with van der Waals surface area (Å²) in [7, 11) is 0. The monoisotopic (exact) mass is 912 g/mol. The lowest BCUT2D eigenvalue weighted by molar-refractivity contribution is -0.174. The molecule has 10 rings (SSSR count). The molecule has 0 spiro atoms. The van der Waals surface area contributed by atoms with Crippen molar-refractivity contribution in [3.05, 3.63) is 180 Å². The summed E-state index contributed by atoms with van der Waals surface area (Å²) in [6, 6.07) is 46.5. The molecule has 6 nitrogen and oxygen atoms in total. The van der Waals surface area contributed by atoms with Crippen molar-refractivity contribution in [3.8, 4) is 78.9 Å². The smallest absolute Gasteiger partial charge is 0.419 e. The number of hydrogen-bond donors (Lipinski definition) is 0. The van der Waals surface area contributed by atoms with Crippen LogP contribution in [0.15, 0.2) is 167 Å². The first-order valence-electron chi connectivity index (χ1n) is 20.4. The van der Waals surface area contributed by atoms with Crippen LogP contribution in [0.1, 0.15) is 22.3 Å². The average molecular weight is 913 g/mol. The standard InChI is InChI=1S/C52H29F9N4O2/c1-28-42(50(53,54)55)43(51(56,57)58)44(52(59,60)61)46-47(28)67-49(65-46)36-23-15-32(16-24-36)30-11-19-34(20-12-30)45-37(25-26-39(63-45)38-6-4-5-27-62-38)33-17-9-29(10-18-33)31-13-21-35(22-14-31)48-64-40-7-2-3-8-41(40)66-48/h2-27H,1H3. The minimum absolute atomic E-state index is 0.0226. The van der Waals surface area contributed by atoms with Gasteiger partial charge in [-0.15, -0.1) is 0 Å². The number of nitrogens with zero attached hydrogens (tertiary/aromatic N) is 4. The number of pyridine rings is 2. The third-order valence-corrected chi connectivity index (χ3v) is 11.3. The van der Waals surface area contributed by atoms with Gasteiger partial charge < -0.3 is 8.83 Å². The highest BCUT2D eigenvalue weighted by Gasteiger charge is 2.53. The van der Waals surface area contributed by atoms with Crippen LogP contribution in [-0.2, 0) is 18.5 Å². The van der Waals surface area contributed by atoms with Gasteiger partial charge in [0.2, 0.25) is 11.8 Å². The fourth-order valence-corrected chi connectivity index (χ4v) is 8.16. The molecule has 0 aliphatic heterocycles. The second kappa shape index (κ2) is 16.1. The van der Waals surface area contributed by atoms with Crippen LogP contribution in [0.25, 0.3) is 101 Å². The molecule has 332 valence electrons. The molecule has 0 fully saturated rings. The number of para-hydroxylation sites is 2. The highest BCUT2D eigenvalue weighted by atomic mass is 19.4. The van der Waals surface area contributed by atoms with Gasteiger partial charge in [0.15, 0.2) is 11.2 Å². The van der Waals surface area contributed by atoms with E-state index in [1.54, 1.807) is 18.3 Å². The number of alkyl halides is 9. The van der Waals surface area contributed by atoms with Gasteiger partial charge in [-0.3, -0.25) is 4.98 Å². The molecule has 4 aromatic heterocycles. The van der Waals surface area contributed by atoms with E-state index < -0.39 is 57.8 Å². The summed E-state index contributed by atoms with van der Waals surface area (Å²) in [5.41, 5.74) is -1.29. The Kier molecular flexibility index (Phi) is 10.3. The lowest BCUT2D eigenvalue weighted by Gasteiger charge is -2.22. The maximum absolute atomic E-state index is 14.2. The van der Waals surface area contributed by atoms with Crippen LogP contribution in [0.3, 0.4) is 0 Å². The largest absolute Gasteiger partial charge is 0.436 e. The number of fused-ring (bicyclic) bond motifs is 2. The van der Waals surface area contributed by atoms with E-state index in [1.165, 1.54) is 12.1 Å². The van der Waals surface area contributed by atoms with Gasteiger partial charge in [-0.2, -0.15) is 39.5 Å². The van der Waals surface area contributed by atoms with Gasteiger partial charge in [0.05, 0.1) is 33.8 Å². The normalized spacial score (nSPS) is 12.3. The Balaban J connectivity index is 0.953. The highest BCUT2D eigenvalue weighted by molar-refractivity contribution is 5.88. The van der Waals surface area contributed by atoms with Crippen LogP contribution in [0.5, 0.6) is 0 Å². The second-order valence-electron chi connectivity index (χ2n) is 15.5. The third kappa shape index (κ3) is 8.06. The van der Waals surface area contributed by atoms with Crippen LogP contribution in [-0.4, -0.2) is 19.9 Å². The molecule has 0 bridgehead atoms. The van der Waals surface area contributed by atoms with E-state index >= 15 is 0 Å². The van der Waals surface area contributed by atoms with Crippen molar-refractivity contribution in [3.63, 3.8) is 0 Å². The van der Waals surface area contributed by atoms with Crippen molar-refractivity contribution in [1.82, 2.24) is 19.9 Å². The van der Waals surface area contributed by atoms with Crippen molar-refractivity contribution >= 4 is 22.2 Å². The van der Waals surface area contributed by atoms with E-state index in [0.717, 1.165) is 38.9 Å². The number of rotatable bonds is 7. The van der Waals surface area contributed by atoms with Gasteiger partial charge in [0.1, 0.15) is 11.0 Å². The van der Waals surface area contributed by atoms with Gasteiger partial charge in [-0.05, 0) is 95.4 Å². The molecule has 0 aliphatic rings. The Morgan fingerprint density at radius 2 is 0.896 bits per heavy atom. The maximum Gasteiger partial charge on any atom is 0.419 e. The van der Waals surface area contributed by atoms with Crippen LogP contribution < -0.4 is 0 Å².